The number of amides is 3. The van der Waals surface area contributed by atoms with Crippen LogP contribution >= 0.6 is 0 Å². The van der Waals surface area contributed by atoms with Crippen LogP contribution in [0, 0.1) is 0 Å². The molecule has 2 fully saturated rings. The lowest BCUT2D eigenvalue weighted by Crippen LogP contribution is -2.33. The fourth-order valence-electron chi connectivity index (χ4n) is 2.69. The van der Waals surface area contributed by atoms with Gasteiger partial charge in [0.05, 0.1) is 13.1 Å². The van der Waals surface area contributed by atoms with Crippen LogP contribution in [-0.4, -0.2) is 46.8 Å². The van der Waals surface area contributed by atoms with E-state index in [1.54, 1.807) is 28.0 Å². The van der Waals surface area contributed by atoms with Gasteiger partial charge < -0.3 is 15.1 Å². The van der Waals surface area contributed by atoms with E-state index in [1.807, 2.05) is 6.07 Å². The van der Waals surface area contributed by atoms with Crippen LogP contribution in [0.2, 0.25) is 0 Å². The van der Waals surface area contributed by atoms with E-state index >= 15 is 0 Å². The zero-order chi connectivity index (χ0) is 16.4. The van der Waals surface area contributed by atoms with E-state index in [9.17, 15) is 14.4 Å². The van der Waals surface area contributed by atoms with E-state index in [0.29, 0.717) is 18.4 Å². The maximum Gasteiger partial charge on any atom is 0.247 e. The number of nitrogens with one attached hydrogen (secondary N) is 1. The molecule has 0 aromatic heterocycles. The minimum Gasteiger partial charge on any atom is -0.322 e. The maximum atomic E-state index is 12.5. The average Bonchev–Trinajstić information content (AvgIpc) is 3.31. The van der Waals surface area contributed by atoms with Crippen molar-refractivity contribution in [2.75, 3.05) is 18.5 Å². The number of hydrogen-bond acceptors (Lipinski definition) is 3. The number of nitrogens with zero attached hydrogens (tertiary/aromatic N) is 2. The Bertz CT molecular complexity index is 667. The van der Waals surface area contributed by atoms with Crippen LogP contribution in [-0.2, 0) is 20.8 Å². The molecule has 23 heavy (non-hydrogen) atoms. The number of carbonyl (C=O) groups excluding carboxylic acids is 3. The Morgan fingerprint density at radius 3 is 2.74 bits per heavy atom. The first-order chi connectivity index (χ1) is 11.1. The molecule has 1 N–H and O–H groups in total. The van der Waals surface area contributed by atoms with Gasteiger partial charge in [0.25, 0.3) is 0 Å². The molecule has 0 unspecified atom stereocenters. The number of carbonyl (C=O) groups is 3. The lowest BCUT2D eigenvalue weighted by atomic mass is 10.1. The van der Waals surface area contributed by atoms with Gasteiger partial charge in [0.1, 0.15) is 6.54 Å². The summed E-state index contributed by atoms with van der Waals surface area (Å²) in [5.41, 5.74) is 1.32. The molecule has 1 aliphatic heterocycles. The van der Waals surface area contributed by atoms with Crippen LogP contribution in [0.25, 0.3) is 0 Å². The van der Waals surface area contributed by atoms with Crippen molar-refractivity contribution in [3.63, 3.8) is 0 Å². The molecule has 1 aliphatic carbocycles. The molecule has 1 aromatic carbocycles. The van der Waals surface area contributed by atoms with Gasteiger partial charge in [0.15, 0.2) is 0 Å². The molecule has 0 spiro atoms. The predicted octanol–water partition coefficient (Wildman–Crippen LogP) is 1.14. The Labute approximate surface area is 134 Å². The van der Waals surface area contributed by atoms with Crippen molar-refractivity contribution in [1.29, 1.82) is 0 Å². The van der Waals surface area contributed by atoms with Gasteiger partial charge in [-0.1, -0.05) is 24.8 Å². The first-order valence-corrected chi connectivity index (χ1v) is 7.67. The summed E-state index contributed by atoms with van der Waals surface area (Å²) in [6.45, 7) is 3.95. The molecule has 1 heterocycles. The molecule has 6 heteroatoms. The molecule has 1 saturated heterocycles. The van der Waals surface area contributed by atoms with Gasteiger partial charge in [0, 0.05) is 11.7 Å². The molecule has 1 aromatic rings. The average molecular weight is 313 g/mol. The van der Waals surface area contributed by atoms with Crippen LogP contribution in [0.1, 0.15) is 18.4 Å². The maximum absolute atomic E-state index is 12.5. The van der Waals surface area contributed by atoms with Crippen molar-refractivity contribution in [3.05, 3.63) is 42.5 Å². The van der Waals surface area contributed by atoms with Crippen LogP contribution < -0.4 is 5.32 Å². The first-order valence-electron chi connectivity index (χ1n) is 7.67. The first kappa shape index (κ1) is 15.3. The van der Waals surface area contributed by atoms with E-state index in [4.69, 9.17) is 0 Å². The highest BCUT2D eigenvalue weighted by Crippen LogP contribution is 2.29. The number of anilines is 1. The minimum atomic E-state index is -0.318. The lowest BCUT2D eigenvalue weighted by molar-refractivity contribution is -0.131. The summed E-state index contributed by atoms with van der Waals surface area (Å²) in [5.74, 6) is -0.406. The summed E-state index contributed by atoms with van der Waals surface area (Å²) in [6, 6.07) is 7.47. The second-order valence-electron chi connectivity index (χ2n) is 5.86. The highest BCUT2D eigenvalue weighted by atomic mass is 16.2. The molecular formula is C17H19N3O3. The zero-order valence-corrected chi connectivity index (χ0v) is 12.8. The number of para-hydroxylation sites is 1. The monoisotopic (exact) mass is 313 g/mol. The van der Waals surface area contributed by atoms with Crippen LogP contribution in [0.5, 0.6) is 0 Å². The van der Waals surface area contributed by atoms with Crippen molar-refractivity contribution in [2.45, 2.75) is 25.3 Å². The summed E-state index contributed by atoms with van der Waals surface area (Å²) in [7, 11) is 0. The molecule has 6 nitrogen and oxygen atoms in total. The van der Waals surface area contributed by atoms with E-state index < -0.39 is 0 Å². The van der Waals surface area contributed by atoms with Gasteiger partial charge in [-0.05, 0) is 30.5 Å². The Morgan fingerprint density at radius 1 is 1.30 bits per heavy atom. The summed E-state index contributed by atoms with van der Waals surface area (Å²) in [4.78, 5) is 39.2. The molecule has 0 atom stereocenters. The smallest absolute Gasteiger partial charge is 0.247 e. The Balaban J connectivity index is 1.67. The Kier molecular flexibility index (Phi) is 4.14. The van der Waals surface area contributed by atoms with Gasteiger partial charge in [-0.15, -0.1) is 0 Å². The van der Waals surface area contributed by atoms with E-state index in [1.165, 1.54) is 6.08 Å². The molecule has 3 amide bonds. The molecule has 120 valence electrons. The van der Waals surface area contributed by atoms with Crippen molar-refractivity contribution in [3.8, 4) is 0 Å². The third kappa shape index (κ3) is 3.41. The fourth-order valence-corrected chi connectivity index (χ4v) is 2.69. The summed E-state index contributed by atoms with van der Waals surface area (Å²) in [6.07, 6.45) is 3.40. The third-order valence-electron chi connectivity index (χ3n) is 4.11. The second-order valence-corrected chi connectivity index (χ2v) is 5.86. The molecule has 1 saturated carbocycles. The van der Waals surface area contributed by atoms with Crippen molar-refractivity contribution in [1.82, 2.24) is 9.80 Å². The Morgan fingerprint density at radius 2 is 2.04 bits per heavy atom. The number of rotatable bonds is 5. The summed E-state index contributed by atoms with van der Waals surface area (Å²) < 4.78 is 0. The van der Waals surface area contributed by atoms with Crippen LogP contribution in [0.4, 0.5) is 5.69 Å². The summed E-state index contributed by atoms with van der Waals surface area (Å²) >= 11 is 0. The summed E-state index contributed by atoms with van der Waals surface area (Å²) in [5, 5.41) is 2.70. The molecule has 2 aliphatic rings. The van der Waals surface area contributed by atoms with Crippen LogP contribution in [0.15, 0.2) is 36.9 Å². The van der Waals surface area contributed by atoms with Crippen molar-refractivity contribution >= 4 is 23.4 Å². The van der Waals surface area contributed by atoms with E-state index in [0.717, 1.165) is 18.4 Å². The van der Waals surface area contributed by atoms with Crippen LogP contribution in [0.3, 0.4) is 0 Å². The number of benzene rings is 1. The quantitative estimate of drug-likeness (QED) is 0.829. The standard InChI is InChI=1S/C17H19N3O3/c1-2-15(21)18-14-6-4-3-5-12(14)9-16(22)19-10-17(23)20(11-19)13-7-8-13/h2-6,13H,1,7-11H2,(H,18,21). The third-order valence-corrected chi connectivity index (χ3v) is 4.11. The fraction of sp³-hybridized carbons (Fsp3) is 0.353. The predicted molar refractivity (Wildman–Crippen MR) is 85.4 cm³/mol. The van der Waals surface area contributed by atoms with Crippen molar-refractivity contribution in [2.24, 2.45) is 0 Å². The van der Waals surface area contributed by atoms with E-state index in [-0.39, 0.29) is 30.7 Å². The van der Waals surface area contributed by atoms with E-state index in [2.05, 4.69) is 11.9 Å². The largest absolute Gasteiger partial charge is 0.322 e. The zero-order valence-electron chi connectivity index (χ0n) is 12.8. The Hall–Kier alpha value is -2.63. The number of hydrogen-bond donors (Lipinski definition) is 1. The van der Waals surface area contributed by atoms with Gasteiger partial charge in [-0.2, -0.15) is 0 Å². The second kappa shape index (κ2) is 6.24. The topological polar surface area (TPSA) is 69.7 Å². The molecule has 0 radical (unpaired) electrons. The highest BCUT2D eigenvalue weighted by molar-refractivity contribution is 6.00. The lowest BCUT2D eigenvalue weighted by Gasteiger charge is -2.18. The minimum absolute atomic E-state index is 0.0223. The van der Waals surface area contributed by atoms with Gasteiger partial charge in [-0.25, -0.2) is 0 Å². The SMILES string of the molecule is C=CC(=O)Nc1ccccc1CC(=O)N1CC(=O)N(C2CC2)C1. The van der Waals surface area contributed by atoms with Gasteiger partial charge in [-0.3, -0.25) is 14.4 Å². The normalized spacial score (nSPS) is 17.3. The highest BCUT2D eigenvalue weighted by Gasteiger charge is 2.39. The van der Waals surface area contributed by atoms with Gasteiger partial charge in [0.2, 0.25) is 17.7 Å². The molecular weight excluding hydrogens is 294 g/mol. The van der Waals surface area contributed by atoms with Gasteiger partial charge >= 0.3 is 0 Å². The molecule has 3 rings (SSSR count). The molecule has 0 bridgehead atoms. The van der Waals surface area contributed by atoms with Crippen molar-refractivity contribution < 1.29 is 14.4 Å².